The highest BCUT2D eigenvalue weighted by molar-refractivity contribution is 6.63. The van der Waals surface area contributed by atoms with Gasteiger partial charge in [0.05, 0.1) is 19.1 Å². The van der Waals surface area contributed by atoms with E-state index < -0.39 is 0 Å². The number of nitrogens with one attached hydrogen (secondary N) is 1. The molecule has 0 unspecified atom stereocenters. The van der Waals surface area contributed by atoms with E-state index in [2.05, 4.69) is 19.2 Å². The van der Waals surface area contributed by atoms with Gasteiger partial charge in [0.15, 0.2) is 0 Å². The number of rotatable bonds is 2. The van der Waals surface area contributed by atoms with E-state index in [0.717, 1.165) is 27.4 Å². The number of nitrogens with zero attached hydrogens (tertiary/aromatic N) is 1. The molecule has 4 heteroatoms. The van der Waals surface area contributed by atoms with Crippen LogP contribution in [0.4, 0.5) is 0 Å². The molecule has 1 rings (SSSR count). The first-order chi connectivity index (χ1) is 8.40. The van der Waals surface area contributed by atoms with Crippen LogP contribution in [-0.2, 0) is 0 Å². The van der Waals surface area contributed by atoms with Crippen molar-refractivity contribution in [3.63, 3.8) is 0 Å². The summed E-state index contributed by atoms with van der Waals surface area (Å²) < 4.78 is 1.91. The van der Waals surface area contributed by atoms with E-state index >= 15 is 0 Å². The highest BCUT2D eigenvalue weighted by Gasteiger charge is 2.18. The molecule has 0 spiro atoms. The van der Waals surface area contributed by atoms with Crippen LogP contribution in [0.1, 0.15) is 25.0 Å². The Balaban J connectivity index is 3.56. The molecule has 0 saturated heterocycles. The molecule has 0 atom stereocenters. The van der Waals surface area contributed by atoms with Crippen molar-refractivity contribution >= 4 is 34.2 Å². The molecule has 0 aliphatic carbocycles. The van der Waals surface area contributed by atoms with Crippen LogP contribution < -0.4 is 5.32 Å². The zero-order valence-electron chi connectivity index (χ0n) is 11.4. The Hall–Kier alpha value is -0.990. The molecule has 2 nitrogen and oxygen atoms in total. The number of amidine groups is 1. The lowest BCUT2D eigenvalue weighted by Crippen LogP contribution is -2.24. The number of hydrogen-bond acceptors (Lipinski definition) is 0. The van der Waals surface area contributed by atoms with Gasteiger partial charge in [-0.3, -0.25) is 5.32 Å². The summed E-state index contributed by atoms with van der Waals surface area (Å²) in [5.41, 5.74) is 4.33. The molecule has 0 aliphatic heterocycles. The molecular weight excluding hydrogens is 267 g/mol. The standard InChI is InChI=1S/C14H18Cl2N2/c1-9(2)13(18(5)14(16)17-4)12-10(3)7-6-8-11(12)15/h6-8H,1-5H3/p+1. The number of hydrogen-bond donors (Lipinski definition) is 1. The van der Waals surface area contributed by atoms with Gasteiger partial charge in [-0.15, -0.1) is 0 Å². The van der Waals surface area contributed by atoms with E-state index in [1.165, 1.54) is 0 Å². The second kappa shape index (κ2) is 6.26. The van der Waals surface area contributed by atoms with Gasteiger partial charge >= 0.3 is 5.29 Å². The SMILES string of the molecule is CNC(Cl)=[N+](C)C(=C(C)C)c1c(C)cccc1Cl. The second-order valence-electron chi connectivity index (χ2n) is 4.38. The Labute approximate surface area is 119 Å². The fourth-order valence-corrected chi connectivity index (χ4v) is 2.35. The maximum absolute atomic E-state index is 6.33. The normalized spacial score (nSPS) is 11.9. The van der Waals surface area contributed by atoms with Crippen molar-refractivity contribution in [1.82, 2.24) is 5.32 Å². The van der Waals surface area contributed by atoms with Gasteiger partial charge in [0.25, 0.3) is 0 Å². The van der Waals surface area contributed by atoms with E-state index in [9.17, 15) is 0 Å². The first-order valence-corrected chi connectivity index (χ1v) is 6.52. The summed E-state index contributed by atoms with van der Waals surface area (Å²) in [7, 11) is 3.71. The van der Waals surface area contributed by atoms with E-state index in [1.807, 2.05) is 36.7 Å². The number of allylic oxidation sites excluding steroid dienone is 1. The topological polar surface area (TPSA) is 15.0 Å². The molecule has 0 amide bonds. The van der Waals surface area contributed by atoms with Crippen LogP contribution in [0.3, 0.4) is 0 Å². The van der Waals surface area contributed by atoms with Crippen LogP contribution in [-0.4, -0.2) is 24.0 Å². The average Bonchev–Trinajstić information content (AvgIpc) is 2.31. The van der Waals surface area contributed by atoms with Crippen molar-refractivity contribution in [3.8, 4) is 0 Å². The molecule has 0 bridgehead atoms. The molecule has 18 heavy (non-hydrogen) atoms. The summed E-state index contributed by atoms with van der Waals surface area (Å²) in [5, 5.41) is 4.23. The fraction of sp³-hybridized carbons (Fsp3) is 0.357. The van der Waals surface area contributed by atoms with Crippen molar-refractivity contribution in [3.05, 3.63) is 39.9 Å². The van der Waals surface area contributed by atoms with Crippen molar-refractivity contribution in [2.24, 2.45) is 0 Å². The molecule has 1 N–H and O–H groups in total. The summed E-state index contributed by atoms with van der Waals surface area (Å²) >= 11 is 12.5. The van der Waals surface area contributed by atoms with Gasteiger partial charge in [0, 0.05) is 17.2 Å². The minimum atomic E-state index is 0.561. The van der Waals surface area contributed by atoms with E-state index in [1.54, 1.807) is 7.05 Å². The summed E-state index contributed by atoms with van der Waals surface area (Å²) in [6.07, 6.45) is 0. The molecule has 0 heterocycles. The molecule has 1 aromatic rings. The Morgan fingerprint density at radius 3 is 2.33 bits per heavy atom. The number of aryl methyl sites for hydroxylation is 1. The molecule has 0 aromatic heterocycles. The monoisotopic (exact) mass is 285 g/mol. The van der Waals surface area contributed by atoms with Gasteiger partial charge in [-0.25, -0.2) is 4.58 Å². The smallest absolute Gasteiger partial charge is 0.267 e. The maximum Gasteiger partial charge on any atom is 0.347 e. The first-order valence-electron chi connectivity index (χ1n) is 5.77. The van der Waals surface area contributed by atoms with Gasteiger partial charge in [0.1, 0.15) is 5.70 Å². The lowest BCUT2D eigenvalue weighted by molar-refractivity contribution is -0.396. The van der Waals surface area contributed by atoms with Crippen molar-refractivity contribution in [2.75, 3.05) is 14.1 Å². The first kappa shape index (κ1) is 15.1. The van der Waals surface area contributed by atoms with Crippen molar-refractivity contribution < 1.29 is 4.58 Å². The van der Waals surface area contributed by atoms with Crippen LogP contribution in [0, 0.1) is 6.92 Å². The molecular formula is C14H19Cl2N2+. The number of benzene rings is 1. The molecule has 0 radical (unpaired) electrons. The molecule has 0 aliphatic rings. The quantitative estimate of drug-likeness (QED) is 0.377. The third kappa shape index (κ3) is 3.06. The largest absolute Gasteiger partial charge is 0.347 e. The van der Waals surface area contributed by atoms with Gasteiger partial charge in [0.2, 0.25) is 0 Å². The Morgan fingerprint density at radius 2 is 1.89 bits per heavy atom. The average molecular weight is 286 g/mol. The fourth-order valence-electron chi connectivity index (χ4n) is 1.95. The van der Waals surface area contributed by atoms with Crippen LogP contribution in [0.15, 0.2) is 23.8 Å². The summed E-state index contributed by atoms with van der Waals surface area (Å²) in [6, 6.07) is 5.90. The van der Waals surface area contributed by atoms with Crippen LogP contribution >= 0.6 is 23.2 Å². The lowest BCUT2D eigenvalue weighted by atomic mass is 10.0. The Bertz CT molecular complexity index is 492. The van der Waals surface area contributed by atoms with Gasteiger partial charge in [-0.05, 0) is 38.0 Å². The summed E-state index contributed by atoms with van der Waals surface area (Å²) in [4.78, 5) is 0. The molecule has 98 valence electrons. The lowest BCUT2D eigenvalue weighted by Gasteiger charge is -2.14. The van der Waals surface area contributed by atoms with E-state index in [-0.39, 0.29) is 0 Å². The van der Waals surface area contributed by atoms with Crippen LogP contribution in [0.25, 0.3) is 5.70 Å². The predicted octanol–water partition coefficient (Wildman–Crippen LogP) is 3.86. The minimum absolute atomic E-state index is 0.561. The molecule has 0 saturated carbocycles. The van der Waals surface area contributed by atoms with E-state index in [0.29, 0.717) is 5.29 Å². The summed E-state index contributed by atoms with van der Waals surface area (Å²) in [5.74, 6) is 0. The van der Waals surface area contributed by atoms with E-state index in [4.69, 9.17) is 23.2 Å². The zero-order valence-corrected chi connectivity index (χ0v) is 12.9. The van der Waals surface area contributed by atoms with Crippen LogP contribution in [0.5, 0.6) is 0 Å². The van der Waals surface area contributed by atoms with Gasteiger partial charge in [-0.2, -0.15) is 0 Å². The number of halogens is 2. The predicted molar refractivity (Wildman–Crippen MR) is 80.6 cm³/mol. The highest BCUT2D eigenvalue weighted by Crippen LogP contribution is 2.29. The second-order valence-corrected chi connectivity index (χ2v) is 5.15. The minimum Gasteiger partial charge on any atom is -0.267 e. The van der Waals surface area contributed by atoms with Gasteiger partial charge < -0.3 is 0 Å². The van der Waals surface area contributed by atoms with Crippen LogP contribution in [0.2, 0.25) is 5.02 Å². The highest BCUT2D eigenvalue weighted by atomic mass is 35.5. The Morgan fingerprint density at radius 1 is 1.28 bits per heavy atom. The third-order valence-electron chi connectivity index (χ3n) is 2.77. The summed E-state index contributed by atoms with van der Waals surface area (Å²) in [6.45, 7) is 6.15. The Kier molecular flexibility index (Phi) is 5.24. The third-order valence-corrected chi connectivity index (χ3v) is 3.53. The van der Waals surface area contributed by atoms with Crippen molar-refractivity contribution in [2.45, 2.75) is 20.8 Å². The zero-order chi connectivity index (χ0) is 13.9. The van der Waals surface area contributed by atoms with Gasteiger partial charge in [-0.1, -0.05) is 23.7 Å². The molecule has 1 aromatic carbocycles. The maximum atomic E-state index is 6.33. The molecule has 0 fully saturated rings. The van der Waals surface area contributed by atoms with Crippen molar-refractivity contribution in [1.29, 1.82) is 0 Å².